The average molecular weight is 300 g/mol. The maximum absolute atomic E-state index is 11.1. The largest absolute Gasteiger partial charge is 0.298 e. The van der Waals surface area contributed by atoms with Crippen LogP contribution in [0.2, 0.25) is 0 Å². The van der Waals surface area contributed by atoms with Crippen LogP contribution in [0.25, 0.3) is 0 Å². The van der Waals surface area contributed by atoms with Gasteiger partial charge in [0.15, 0.2) is 0 Å². The number of hydrogen-bond donors (Lipinski definition) is 0. The van der Waals surface area contributed by atoms with Gasteiger partial charge in [-0.3, -0.25) is 4.79 Å². The first-order chi connectivity index (χ1) is 10.9. The molecule has 1 aromatic carbocycles. The van der Waals surface area contributed by atoms with E-state index in [-0.39, 0.29) is 0 Å². The summed E-state index contributed by atoms with van der Waals surface area (Å²) < 4.78 is 0. The van der Waals surface area contributed by atoms with Crippen LogP contribution in [0.15, 0.2) is 42.0 Å². The molecule has 1 nitrogen and oxygen atoms in total. The normalized spacial score (nSPS) is 11.6. The molecule has 0 unspecified atom stereocenters. The smallest absolute Gasteiger partial charge is 0.145 e. The number of rotatable bonds is 13. The molecule has 0 saturated heterocycles. The second-order valence-corrected chi connectivity index (χ2v) is 6.15. The van der Waals surface area contributed by atoms with Crippen LogP contribution in [0.1, 0.15) is 76.7 Å². The number of aryl methyl sites for hydroxylation is 1. The van der Waals surface area contributed by atoms with Crippen LogP contribution in [0.5, 0.6) is 0 Å². The fraction of sp³-hybridized carbons (Fsp3) is 0.571. The summed E-state index contributed by atoms with van der Waals surface area (Å²) in [4.78, 5) is 11.1. The van der Waals surface area contributed by atoms with Crippen LogP contribution in [0, 0.1) is 0 Å². The Balaban J connectivity index is 2.08. The highest BCUT2D eigenvalue weighted by molar-refractivity contribution is 5.72. The van der Waals surface area contributed by atoms with Gasteiger partial charge in [-0.2, -0.15) is 0 Å². The van der Waals surface area contributed by atoms with Gasteiger partial charge in [-0.15, -0.1) is 0 Å². The predicted octanol–water partition coefficient (Wildman–Crippen LogP) is 6.28. The van der Waals surface area contributed by atoms with Crippen molar-refractivity contribution < 1.29 is 4.79 Å². The van der Waals surface area contributed by atoms with Gasteiger partial charge >= 0.3 is 0 Å². The van der Waals surface area contributed by atoms with E-state index in [4.69, 9.17) is 0 Å². The van der Waals surface area contributed by atoms with E-state index in [0.717, 1.165) is 37.5 Å². The topological polar surface area (TPSA) is 17.1 Å². The zero-order chi connectivity index (χ0) is 15.9. The summed E-state index contributed by atoms with van der Waals surface area (Å²) in [6, 6.07) is 10.5. The van der Waals surface area contributed by atoms with E-state index in [1.807, 2.05) is 6.07 Å². The van der Waals surface area contributed by atoms with Crippen molar-refractivity contribution in [3.63, 3.8) is 0 Å². The molecule has 22 heavy (non-hydrogen) atoms. The zero-order valence-corrected chi connectivity index (χ0v) is 14.2. The molecule has 0 aliphatic carbocycles. The molecule has 0 amide bonds. The van der Waals surface area contributed by atoms with Gasteiger partial charge in [0.25, 0.3) is 0 Å². The predicted molar refractivity (Wildman–Crippen MR) is 96.1 cm³/mol. The minimum atomic E-state index is 0.952. The van der Waals surface area contributed by atoms with Crippen molar-refractivity contribution in [3.8, 4) is 0 Å². The molecule has 0 heterocycles. The highest BCUT2D eigenvalue weighted by atomic mass is 16.1. The Labute approximate surface area is 136 Å². The van der Waals surface area contributed by atoms with Crippen LogP contribution in [-0.4, -0.2) is 6.29 Å². The Hall–Kier alpha value is -1.37. The fourth-order valence-corrected chi connectivity index (χ4v) is 2.74. The molecule has 1 aromatic rings. The van der Waals surface area contributed by atoms with E-state index in [9.17, 15) is 4.79 Å². The van der Waals surface area contributed by atoms with Crippen molar-refractivity contribution >= 4 is 6.29 Å². The van der Waals surface area contributed by atoms with Crippen molar-refractivity contribution in [1.29, 1.82) is 0 Å². The van der Waals surface area contributed by atoms with Crippen molar-refractivity contribution in [2.24, 2.45) is 0 Å². The summed E-state index contributed by atoms with van der Waals surface area (Å²) in [5, 5.41) is 0. The second kappa shape index (κ2) is 13.3. The van der Waals surface area contributed by atoms with Gasteiger partial charge < -0.3 is 0 Å². The maximum atomic E-state index is 11.1. The van der Waals surface area contributed by atoms with Gasteiger partial charge in [0, 0.05) is 0 Å². The lowest BCUT2D eigenvalue weighted by Gasteiger charge is -2.03. The molecule has 0 spiro atoms. The Morgan fingerprint density at radius 3 is 2.18 bits per heavy atom. The molecule has 0 atom stereocenters. The van der Waals surface area contributed by atoms with E-state index in [2.05, 4.69) is 37.3 Å². The Morgan fingerprint density at radius 1 is 0.909 bits per heavy atom. The highest BCUT2D eigenvalue weighted by Gasteiger charge is 1.97. The summed E-state index contributed by atoms with van der Waals surface area (Å²) in [6.07, 6.45) is 16.7. The Kier molecular flexibility index (Phi) is 11.3. The molecule has 1 rings (SSSR count). The number of benzene rings is 1. The summed E-state index contributed by atoms with van der Waals surface area (Å²) >= 11 is 0. The first kappa shape index (κ1) is 18.7. The summed E-state index contributed by atoms with van der Waals surface area (Å²) in [7, 11) is 0. The van der Waals surface area contributed by atoms with Crippen molar-refractivity contribution in [1.82, 2.24) is 0 Å². The van der Waals surface area contributed by atoms with Crippen molar-refractivity contribution in [3.05, 3.63) is 47.5 Å². The SMILES string of the molecule is CCCCCCCCCC/C(C=O)=C\CCc1ccccc1. The number of hydrogen-bond acceptors (Lipinski definition) is 1. The van der Waals surface area contributed by atoms with Crippen LogP contribution in [0.3, 0.4) is 0 Å². The van der Waals surface area contributed by atoms with Gasteiger partial charge in [0.1, 0.15) is 6.29 Å². The van der Waals surface area contributed by atoms with Crippen LogP contribution >= 0.6 is 0 Å². The first-order valence-electron chi connectivity index (χ1n) is 9.05. The molecule has 0 saturated carbocycles. The molecule has 0 radical (unpaired) electrons. The second-order valence-electron chi connectivity index (χ2n) is 6.15. The minimum Gasteiger partial charge on any atom is -0.298 e. The van der Waals surface area contributed by atoms with Crippen molar-refractivity contribution in [2.45, 2.75) is 77.6 Å². The number of carbonyl (C=O) groups is 1. The number of aldehydes is 1. The first-order valence-corrected chi connectivity index (χ1v) is 9.05. The third kappa shape index (κ3) is 9.55. The molecule has 0 bridgehead atoms. The lowest BCUT2D eigenvalue weighted by atomic mass is 10.0. The summed E-state index contributed by atoms with van der Waals surface area (Å²) in [5.41, 5.74) is 2.33. The quantitative estimate of drug-likeness (QED) is 0.238. The van der Waals surface area contributed by atoms with Crippen molar-refractivity contribution in [2.75, 3.05) is 0 Å². The maximum Gasteiger partial charge on any atom is 0.145 e. The molecule has 0 N–H and O–H groups in total. The third-order valence-corrected chi connectivity index (χ3v) is 4.15. The fourth-order valence-electron chi connectivity index (χ4n) is 2.74. The molecule has 1 heteroatoms. The Bertz CT molecular complexity index is 405. The number of carbonyl (C=O) groups excluding carboxylic acids is 1. The van der Waals surface area contributed by atoms with E-state index >= 15 is 0 Å². The zero-order valence-electron chi connectivity index (χ0n) is 14.2. The summed E-state index contributed by atoms with van der Waals surface area (Å²) in [5.74, 6) is 0. The molecular weight excluding hydrogens is 268 g/mol. The lowest BCUT2D eigenvalue weighted by Crippen LogP contribution is -1.89. The Morgan fingerprint density at radius 2 is 1.55 bits per heavy atom. The highest BCUT2D eigenvalue weighted by Crippen LogP contribution is 2.13. The standard InChI is InChI=1S/C21H32O/c1-2-3-4-5-6-7-8-10-16-21(19-22)18-13-17-20-14-11-9-12-15-20/h9,11-12,14-15,18-19H,2-8,10,13,16-17H2,1H3/b21-18+. The average Bonchev–Trinajstić information content (AvgIpc) is 2.56. The third-order valence-electron chi connectivity index (χ3n) is 4.15. The molecule has 122 valence electrons. The van der Waals surface area contributed by atoms with Gasteiger partial charge in [-0.05, 0) is 36.8 Å². The van der Waals surface area contributed by atoms with Gasteiger partial charge in [0.05, 0.1) is 0 Å². The van der Waals surface area contributed by atoms with E-state index in [0.29, 0.717) is 0 Å². The monoisotopic (exact) mass is 300 g/mol. The molecular formula is C21H32O. The molecule has 0 aliphatic rings. The molecule has 0 aromatic heterocycles. The number of allylic oxidation sites excluding steroid dienone is 2. The van der Waals surface area contributed by atoms with Gasteiger partial charge in [-0.25, -0.2) is 0 Å². The minimum absolute atomic E-state index is 0.952. The van der Waals surface area contributed by atoms with E-state index < -0.39 is 0 Å². The van der Waals surface area contributed by atoms with Gasteiger partial charge in [0.2, 0.25) is 0 Å². The summed E-state index contributed by atoms with van der Waals surface area (Å²) in [6.45, 7) is 2.26. The van der Waals surface area contributed by atoms with Gasteiger partial charge in [-0.1, -0.05) is 88.3 Å². The lowest BCUT2D eigenvalue weighted by molar-refractivity contribution is -0.105. The van der Waals surface area contributed by atoms with E-state index in [1.54, 1.807) is 0 Å². The molecule has 0 fully saturated rings. The number of unbranched alkanes of at least 4 members (excludes halogenated alkanes) is 7. The van der Waals surface area contributed by atoms with Crippen LogP contribution in [0.4, 0.5) is 0 Å². The molecule has 0 aliphatic heterocycles. The van der Waals surface area contributed by atoms with Crippen LogP contribution in [-0.2, 0) is 11.2 Å². The van der Waals surface area contributed by atoms with E-state index in [1.165, 1.54) is 50.5 Å². The van der Waals surface area contributed by atoms with Crippen LogP contribution < -0.4 is 0 Å².